The van der Waals surface area contributed by atoms with E-state index < -0.39 is 33.4 Å². The lowest BCUT2D eigenvalue weighted by Gasteiger charge is -2.38. The zero-order valence-electron chi connectivity index (χ0n) is 20.7. The van der Waals surface area contributed by atoms with E-state index in [1.807, 2.05) is 0 Å². The van der Waals surface area contributed by atoms with Crippen LogP contribution in [0.25, 0.3) is 0 Å². The SMILES string of the molecule is O=C(COCC1CCCCN1S(=O)(=O)c1ccc(C(F)(F)F)cc1)N1CCC(O)(c2ccc(Cl)cc2)CC1. The highest BCUT2D eigenvalue weighted by atomic mass is 35.5. The fourth-order valence-electron chi connectivity index (χ4n) is 4.96. The van der Waals surface area contributed by atoms with E-state index >= 15 is 0 Å². The molecule has 0 bridgehead atoms. The molecule has 0 radical (unpaired) electrons. The number of hydrogen-bond acceptors (Lipinski definition) is 5. The number of rotatable bonds is 7. The quantitative estimate of drug-likeness (QED) is 0.529. The number of aliphatic hydroxyl groups is 1. The Kier molecular flexibility index (Phi) is 8.73. The van der Waals surface area contributed by atoms with Crippen LogP contribution >= 0.6 is 11.6 Å². The Balaban J connectivity index is 1.31. The second-order valence-electron chi connectivity index (χ2n) is 9.72. The normalized spacial score (nSPS) is 20.9. The van der Waals surface area contributed by atoms with E-state index in [2.05, 4.69) is 0 Å². The van der Waals surface area contributed by atoms with Gasteiger partial charge in [0.15, 0.2) is 0 Å². The molecule has 2 saturated heterocycles. The molecule has 2 aromatic rings. The number of benzene rings is 2. The first-order valence-electron chi connectivity index (χ1n) is 12.4. The van der Waals surface area contributed by atoms with Crippen molar-refractivity contribution >= 4 is 27.5 Å². The standard InChI is InChI=1S/C26H30ClF3N2O5S/c27-21-8-4-19(5-9-21)25(34)12-15-31(16-13-25)24(33)18-37-17-22-3-1-2-14-32(22)38(35,36)23-10-6-20(7-11-23)26(28,29)30/h4-11,22,34H,1-3,12-18H2. The lowest BCUT2D eigenvalue weighted by Crippen LogP contribution is -2.48. The van der Waals surface area contributed by atoms with Crippen LogP contribution in [-0.4, -0.2) is 67.5 Å². The van der Waals surface area contributed by atoms with Gasteiger partial charge < -0.3 is 14.7 Å². The summed E-state index contributed by atoms with van der Waals surface area (Å²) in [4.78, 5) is 14.1. The average molecular weight is 575 g/mol. The van der Waals surface area contributed by atoms with Gasteiger partial charge in [-0.1, -0.05) is 30.2 Å². The summed E-state index contributed by atoms with van der Waals surface area (Å²) in [5, 5.41) is 11.6. The molecule has 2 aromatic carbocycles. The molecule has 0 aromatic heterocycles. The predicted molar refractivity (Wildman–Crippen MR) is 135 cm³/mol. The Morgan fingerprint density at radius 1 is 1.03 bits per heavy atom. The Hall–Kier alpha value is -2.18. The van der Waals surface area contributed by atoms with Crippen molar-refractivity contribution in [2.24, 2.45) is 0 Å². The highest BCUT2D eigenvalue weighted by Crippen LogP contribution is 2.34. The first kappa shape index (κ1) is 28.8. The molecule has 1 unspecified atom stereocenters. The molecule has 2 aliphatic heterocycles. The van der Waals surface area contributed by atoms with Gasteiger partial charge >= 0.3 is 6.18 Å². The molecule has 208 valence electrons. The van der Waals surface area contributed by atoms with Gasteiger partial charge in [-0.2, -0.15) is 17.5 Å². The Morgan fingerprint density at radius 2 is 1.66 bits per heavy atom. The topological polar surface area (TPSA) is 87.2 Å². The zero-order valence-corrected chi connectivity index (χ0v) is 22.2. The second kappa shape index (κ2) is 11.5. The molecular formula is C26H30ClF3N2O5S. The van der Waals surface area contributed by atoms with Crippen LogP contribution in [-0.2, 0) is 31.3 Å². The van der Waals surface area contributed by atoms with E-state index in [1.165, 1.54) is 4.31 Å². The highest BCUT2D eigenvalue weighted by molar-refractivity contribution is 7.89. The molecule has 4 rings (SSSR count). The maximum Gasteiger partial charge on any atom is 0.416 e. The Morgan fingerprint density at radius 3 is 2.26 bits per heavy atom. The number of piperidine rings is 2. The van der Waals surface area contributed by atoms with Gasteiger partial charge in [-0.25, -0.2) is 8.42 Å². The molecule has 38 heavy (non-hydrogen) atoms. The number of amides is 1. The minimum absolute atomic E-state index is 0.00580. The van der Waals surface area contributed by atoms with Crippen LogP contribution in [0.1, 0.15) is 43.2 Å². The van der Waals surface area contributed by atoms with Crippen molar-refractivity contribution in [3.8, 4) is 0 Å². The monoisotopic (exact) mass is 574 g/mol. The van der Waals surface area contributed by atoms with E-state index in [4.69, 9.17) is 16.3 Å². The number of sulfonamides is 1. The number of ether oxygens (including phenoxy) is 1. The van der Waals surface area contributed by atoms with Crippen molar-refractivity contribution < 1.29 is 36.2 Å². The van der Waals surface area contributed by atoms with Crippen molar-refractivity contribution in [3.63, 3.8) is 0 Å². The third-order valence-electron chi connectivity index (χ3n) is 7.22. The summed E-state index contributed by atoms with van der Waals surface area (Å²) in [6.45, 7) is 0.678. The fraction of sp³-hybridized carbons (Fsp3) is 0.500. The minimum Gasteiger partial charge on any atom is -0.385 e. The van der Waals surface area contributed by atoms with Gasteiger partial charge in [-0.15, -0.1) is 0 Å². The number of carbonyl (C=O) groups excluding carboxylic acids is 1. The third kappa shape index (κ3) is 6.51. The van der Waals surface area contributed by atoms with Crippen molar-refractivity contribution in [2.75, 3.05) is 32.8 Å². The molecule has 0 saturated carbocycles. The van der Waals surface area contributed by atoms with Crippen molar-refractivity contribution in [1.29, 1.82) is 0 Å². The lowest BCUT2D eigenvalue weighted by molar-refractivity contribution is -0.141. The van der Waals surface area contributed by atoms with Crippen LogP contribution in [0.3, 0.4) is 0 Å². The number of alkyl halides is 3. The first-order chi connectivity index (χ1) is 17.9. The molecule has 1 N–H and O–H groups in total. The average Bonchev–Trinajstić information content (AvgIpc) is 2.89. The maximum atomic E-state index is 13.2. The second-order valence-corrected chi connectivity index (χ2v) is 12.0. The Bertz CT molecular complexity index is 1210. The number of likely N-dealkylation sites (tertiary alicyclic amines) is 1. The summed E-state index contributed by atoms with van der Waals surface area (Å²) in [6.07, 6.45) is -1.91. The molecule has 7 nitrogen and oxygen atoms in total. The summed E-state index contributed by atoms with van der Waals surface area (Å²) in [5.74, 6) is -0.254. The zero-order chi connectivity index (χ0) is 27.6. The molecule has 2 aliphatic rings. The van der Waals surface area contributed by atoms with E-state index in [1.54, 1.807) is 29.2 Å². The number of hydrogen-bond donors (Lipinski definition) is 1. The van der Waals surface area contributed by atoms with Crippen LogP contribution < -0.4 is 0 Å². The third-order valence-corrected chi connectivity index (χ3v) is 9.44. The van der Waals surface area contributed by atoms with E-state index in [0.717, 1.165) is 36.2 Å². The van der Waals surface area contributed by atoms with Crippen molar-refractivity contribution in [2.45, 2.75) is 54.8 Å². The van der Waals surface area contributed by atoms with E-state index in [0.29, 0.717) is 43.8 Å². The molecule has 0 aliphatic carbocycles. The first-order valence-corrected chi connectivity index (χ1v) is 14.2. The molecule has 12 heteroatoms. The summed E-state index contributed by atoms with van der Waals surface area (Å²) >= 11 is 5.93. The number of nitrogens with zero attached hydrogens (tertiary/aromatic N) is 2. The van der Waals surface area contributed by atoms with Gasteiger partial charge in [0, 0.05) is 30.7 Å². The summed E-state index contributed by atoms with van der Waals surface area (Å²) < 4.78 is 71.9. The molecule has 0 spiro atoms. The van der Waals surface area contributed by atoms with Crippen LogP contribution in [0.4, 0.5) is 13.2 Å². The van der Waals surface area contributed by atoms with Crippen molar-refractivity contribution in [3.05, 3.63) is 64.7 Å². The van der Waals surface area contributed by atoms with Gasteiger partial charge in [0.2, 0.25) is 15.9 Å². The van der Waals surface area contributed by atoms with E-state index in [-0.39, 0.29) is 30.6 Å². The van der Waals surface area contributed by atoms with E-state index in [9.17, 15) is 31.5 Å². The number of carbonyl (C=O) groups is 1. The van der Waals surface area contributed by atoms with Gasteiger partial charge in [0.25, 0.3) is 0 Å². The summed E-state index contributed by atoms with van der Waals surface area (Å²) in [5.41, 5.74) is -1.22. The van der Waals surface area contributed by atoms with Crippen molar-refractivity contribution in [1.82, 2.24) is 9.21 Å². The van der Waals surface area contributed by atoms with Gasteiger partial charge in [-0.05, 0) is 67.6 Å². The van der Waals surface area contributed by atoms with Crippen LogP contribution in [0.2, 0.25) is 5.02 Å². The molecule has 2 fully saturated rings. The predicted octanol–water partition coefficient (Wildman–Crippen LogP) is 4.43. The van der Waals surface area contributed by atoms with Crippen LogP contribution in [0.15, 0.2) is 53.4 Å². The maximum absolute atomic E-state index is 13.2. The molecule has 1 amide bonds. The molecule has 1 atom stereocenters. The van der Waals surface area contributed by atoms with Gasteiger partial charge in [-0.3, -0.25) is 4.79 Å². The molecule has 2 heterocycles. The minimum atomic E-state index is -4.56. The van der Waals surface area contributed by atoms with Gasteiger partial charge in [0.1, 0.15) is 6.61 Å². The highest BCUT2D eigenvalue weighted by Gasteiger charge is 2.37. The lowest BCUT2D eigenvalue weighted by atomic mass is 9.84. The smallest absolute Gasteiger partial charge is 0.385 e. The Labute approximate surface area is 225 Å². The largest absolute Gasteiger partial charge is 0.416 e. The fourth-order valence-corrected chi connectivity index (χ4v) is 6.76. The number of halogens is 4. The summed E-state index contributed by atoms with van der Waals surface area (Å²) in [7, 11) is -4.03. The molecular weight excluding hydrogens is 545 g/mol. The summed E-state index contributed by atoms with van der Waals surface area (Å²) in [6, 6.07) is 9.90. The van der Waals surface area contributed by atoms with Crippen LogP contribution in [0, 0.1) is 0 Å². The van der Waals surface area contributed by atoms with Gasteiger partial charge in [0.05, 0.1) is 22.7 Å². The van der Waals surface area contributed by atoms with Crippen LogP contribution in [0.5, 0.6) is 0 Å².